The summed E-state index contributed by atoms with van der Waals surface area (Å²) in [4.78, 5) is 20.1. The lowest BCUT2D eigenvalue weighted by Gasteiger charge is -2.11. The van der Waals surface area contributed by atoms with E-state index in [1.807, 2.05) is 0 Å². The van der Waals surface area contributed by atoms with E-state index in [9.17, 15) is 31.0 Å². The molecule has 3 heterocycles. The third-order valence-corrected chi connectivity index (χ3v) is 7.49. The first-order valence-electron chi connectivity index (χ1n) is 9.93. The lowest BCUT2D eigenvalue weighted by Crippen LogP contribution is -2.17. The minimum atomic E-state index is -4.91. The molecule has 2 N–H and O–H groups in total. The molecule has 0 bridgehead atoms. The Balaban J connectivity index is 1.48. The Morgan fingerprint density at radius 2 is 2.03 bits per heavy atom. The fourth-order valence-electron chi connectivity index (χ4n) is 3.62. The molecule has 8 nitrogen and oxygen atoms in total. The summed E-state index contributed by atoms with van der Waals surface area (Å²) in [7, 11) is -2.87. The average molecular weight is 500 g/mol. The quantitative estimate of drug-likeness (QED) is 0.514. The Morgan fingerprint density at radius 1 is 1.26 bits per heavy atom. The molecule has 2 atom stereocenters. The molecule has 3 aromatic rings. The molecular formula is C20H17F5N6O2S. The van der Waals surface area contributed by atoms with Crippen LogP contribution in [0.4, 0.5) is 27.6 Å². The third kappa shape index (κ3) is 4.76. The summed E-state index contributed by atoms with van der Waals surface area (Å²) in [5.74, 6) is -3.20. The zero-order valence-electron chi connectivity index (χ0n) is 17.3. The van der Waals surface area contributed by atoms with Gasteiger partial charge in [-0.2, -0.15) is 17.9 Å². The van der Waals surface area contributed by atoms with Crippen LogP contribution in [0.2, 0.25) is 0 Å². The molecule has 4 rings (SSSR count). The van der Waals surface area contributed by atoms with Gasteiger partial charge >= 0.3 is 6.18 Å². The molecule has 0 aliphatic carbocycles. The number of halogens is 5. The van der Waals surface area contributed by atoms with E-state index in [1.165, 1.54) is 6.33 Å². The zero-order valence-corrected chi connectivity index (χ0v) is 18.1. The second-order valence-corrected chi connectivity index (χ2v) is 10.1. The first kappa shape index (κ1) is 23.7. The van der Waals surface area contributed by atoms with Crippen LogP contribution in [0.15, 0.2) is 36.8 Å². The van der Waals surface area contributed by atoms with E-state index in [2.05, 4.69) is 20.4 Å². The monoisotopic (exact) mass is 500 g/mol. The largest absolute Gasteiger partial charge is 0.419 e. The summed E-state index contributed by atoms with van der Waals surface area (Å²) in [6.45, 7) is 0. The van der Waals surface area contributed by atoms with Gasteiger partial charge < -0.3 is 5.32 Å². The molecule has 14 heteroatoms. The molecule has 1 aliphatic rings. The van der Waals surface area contributed by atoms with Gasteiger partial charge in [0.2, 0.25) is 5.91 Å². The van der Waals surface area contributed by atoms with Crippen LogP contribution in [0.25, 0.3) is 5.82 Å². The van der Waals surface area contributed by atoms with Gasteiger partial charge in [-0.15, -0.1) is 5.10 Å². The Hall–Kier alpha value is -3.42. The molecule has 2 aromatic heterocycles. The van der Waals surface area contributed by atoms with Crippen LogP contribution in [0.1, 0.15) is 35.0 Å². The molecule has 180 valence electrons. The van der Waals surface area contributed by atoms with Crippen LogP contribution in [-0.2, 0) is 27.1 Å². The number of anilines is 1. The van der Waals surface area contributed by atoms with E-state index in [1.54, 1.807) is 0 Å². The van der Waals surface area contributed by atoms with Gasteiger partial charge in [0.1, 0.15) is 17.4 Å². The Kier molecular flexibility index (Phi) is 6.10. The highest BCUT2D eigenvalue weighted by Gasteiger charge is 2.35. The van der Waals surface area contributed by atoms with Gasteiger partial charge in [-0.3, -0.25) is 9.57 Å². The molecule has 2 unspecified atom stereocenters. The second-order valence-electron chi connectivity index (χ2n) is 7.64. The molecule has 1 fully saturated rings. The smallest absolute Gasteiger partial charge is 0.324 e. The highest BCUT2D eigenvalue weighted by Crippen LogP contribution is 2.34. The van der Waals surface area contributed by atoms with E-state index in [4.69, 9.17) is 4.78 Å². The number of carbonyl (C=O) groups is 1. The van der Waals surface area contributed by atoms with E-state index in [-0.39, 0.29) is 23.1 Å². The number of aromatic nitrogens is 4. The van der Waals surface area contributed by atoms with Crippen LogP contribution in [0, 0.1) is 16.4 Å². The molecule has 1 aliphatic heterocycles. The average Bonchev–Trinajstić information content (AvgIpc) is 3.34. The first-order valence-corrected chi connectivity index (χ1v) is 11.7. The van der Waals surface area contributed by atoms with Crippen molar-refractivity contribution in [3.8, 4) is 5.82 Å². The van der Waals surface area contributed by atoms with Crippen LogP contribution < -0.4 is 5.32 Å². The van der Waals surface area contributed by atoms with Crippen molar-refractivity contribution in [2.24, 2.45) is 0 Å². The topological polar surface area (TPSA) is 114 Å². The summed E-state index contributed by atoms with van der Waals surface area (Å²) in [6.07, 6.45) is -2.27. The highest BCUT2D eigenvalue weighted by molar-refractivity contribution is 7.92. The maximum absolute atomic E-state index is 14.6. The molecule has 0 saturated carbocycles. The minimum Gasteiger partial charge on any atom is -0.324 e. The summed E-state index contributed by atoms with van der Waals surface area (Å²) >= 11 is 0. The van der Waals surface area contributed by atoms with Gasteiger partial charge in [0, 0.05) is 11.8 Å². The number of carbonyl (C=O) groups excluding carboxylic acids is 1. The van der Waals surface area contributed by atoms with Crippen molar-refractivity contribution in [1.82, 2.24) is 19.7 Å². The Morgan fingerprint density at radius 3 is 2.68 bits per heavy atom. The van der Waals surface area contributed by atoms with Gasteiger partial charge in [0.15, 0.2) is 17.5 Å². The van der Waals surface area contributed by atoms with Gasteiger partial charge in [0.05, 0.1) is 33.6 Å². The van der Waals surface area contributed by atoms with Crippen molar-refractivity contribution in [2.75, 3.05) is 11.1 Å². The molecule has 1 saturated heterocycles. The Bertz CT molecular complexity index is 1360. The molecular weight excluding hydrogens is 483 g/mol. The maximum Gasteiger partial charge on any atom is 0.419 e. The fourth-order valence-corrected chi connectivity index (χ4v) is 5.50. The van der Waals surface area contributed by atoms with E-state index in [0.717, 1.165) is 29.1 Å². The van der Waals surface area contributed by atoms with Crippen molar-refractivity contribution in [3.63, 3.8) is 0 Å². The second kappa shape index (κ2) is 8.74. The number of rotatable bonds is 5. The van der Waals surface area contributed by atoms with Crippen molar-refractivity contribution in [2.45, 2.75) is 30.7 Å². The lowest BCUT2D eigenvalue weighted by molar-refractivity contribution is -0.140. The SMILES string of the molecule is N=S1(=O)CCCC1c1ncn(-c2ncc(NC(=O)Cc3cccc(C(F)(F)F)c3F)cc2F)n1. The van der Waals surface area contributed by atoms with E-state index >= 15 is 0 Å². The third-order valence-electron chi connectivity index (χ3n) is 5.23. The fraction of sp³-hybridized carbons (Fsp3) is 0.300. The van der Waals surface area contributed by atoms with E-state index < -0.39 is 56.2 Å². The lowest BCUT2D eigenvalue weighted by atomic mass is 10.1. The Labute approximate surface area is 190 Å². The number of amides is 1. The maximum atomic E-state index is 14.6. The van der Waals surface area contributed by atoms with Gasteiger partial charge in [-0.05, 0) is 24.5 Å². The first-order chi connectivity index (χ1) is 16.0. The number of nitrogens with zero attached hydrogens (tertiary/aromatic N) is 4. The van der Waals surface area contributed by atoms with Gasteiger partial charge in [-0.1, -0.05) is 12.1 Å². The number of hydrogen-bond donors (Lipinski definition) is 2. The summed E-state index contributed by atoms with van der Waals surface area (Å²) in [6, 6.07) is 3.52. The minimum absolute atomic E-state index is 0.107. The normalized spacial score (nSPS) is 20.4. The number of alkyl halides is 3. The molecule has 1 amide bonds. The number of hydrogen-bond acceptors (Lipinski definition) is 6. The van der Waals surface area contributed by atoms with Gasteiger partial charge in [-0.25, -0.2) is 23.0 Å². The highest BCUT2D eigenvalue weighted by atomic mass is 32.2. The molecule has 1 aromatic carbocycles. The van der Waals surface area contributed by atoms with Crippen molar-refractivity contribution in [3.05, 3.63) is 65.4 Å². The summed E-state index contributed by atoms with van der Waals surface area (Å²) in [5.41, 5.74) is -2.06. The molecule has 0 spiro atoms. The van der Waals surface area contributed by atoms with Gasteiger partial charge in [0.25, 0.3) is 0 Å². The van der Waals surface area contributed by atoms with Crippen molar-refractivity contribution < 1.29 is 31.0 Å². The molecule has 34 heavy (non-hydrogen) atoms. The number of pyridine rings is 1. The zero-order chi connectivity index (χ0) is 24.7. The summed E-state index contributed by atoms with van der Waals surface area (Å²) in [5, 5.41) is 5.70. The van der Waals surface area contributed by atoms with Crippen LogP contribution >= 0.6 is 0 Å². The van der Waals surface area contributed by atoms with Crippen molar-refractivity contribution in [1.29, 1.82) is 4.78 Å². The standard InChI is InChI=1S/C20H17F5N6O2S/c21-14-8-12(29-16(32)7-11-3-1-4-13(17(11)22)20(23,24)25)9-27-19(14)31-10-28-18(30-31)15-5-2-6-34(15,26)33/h1,3-4,8-10,15,26H,2,5-7H2,(H,29,32). The van der Waals surface area contributed by atoms with E-state index in [0.29, 0.717) is 18.9 Å². The predicted molar refractivity (Wildman–Crippen MR) is 111 cm³/mol. The predicted octanol–water partition coefficient (Wildman–Crippen LogP) is 4.02. The van der Waals surface area contributed by atoms with Crippen LogP contribution in [0.5, 0.6) is 0 Å². The van der Waals surface area contributed by atoms with Crippen LogP contribution in [0.3, 0.4) is 0 Å². The summed E-state index contributed by atoms with van der Waals surface area (Å²) < 4.78 is 88.4. The van der Waals surface area contributed by atoms with Crippen molar-refractivity contribution >= 4 is 21.3 Å². The molecule has 0 radical (unpaired) electrons. The van der Waals surface area contributed by atoms with Crippen LogP contribution in [-0.4, -0.2) is 35.6 Å². The number of nitrogens with one attached hydrogen (secondary N) is 2. The number of benzene rings is 1.